The van der Waals surface area contributed by atoms with Crippen LogP contribution in [0.2, 0.25) is 5.02 Å². The Morgan fingerprint density at radius 3 is 2.76 bits per heavy atom. The van der Waals surface area contributed by atoms with Gasteiger partial charge in [0.05, 0.1) is 11.1 Å². The van der Waals surface area contributed by atoms with Crippen LogP contribution in [-0.4, -0.2) is 7.05 Å². The van der Waals surface area contributed by atoms with Gasteiger partial charge < -0.3 is 9.73 Å². The van der Waals surface area contributed by atoms with Gasteiger partial charge in [-0.3, -0.25) is 0 Å². The van der Waals surface area contributed by atoms with Gasteiger partial charge in [0, 0.05) is 5.56 Å². The second-order valence-electron chi connectivity index (χ2n) is 3.84. The Morgan fingerprint density at radius 1 is 1.29 bits per heavy atom. The topological polar surface area (TPSA) is 25.2 Å². The zero-order valence-corrected chi connectivity index (χ0v) is 10.4. The first-order valence-corrected chi connectivity index (χ1v) is 5.72. The van der Waals surface area contributed by atoms with E-state index in [-0.39, 0.29) is 11.9 Å². The SMILES string of the molecule is CNC(C)c1ccc(-c2cc(F)ccc2Cl)o1. The number of hydrogen-bond donors (Lipinski definition) is 1. The van der Waals surface area contributed by atoms with E-state index in [9.17, 15) is 4.39 Å². The molecule has 0 spiro atoms. The van der Waals surface area contributed by atoms with E-state index in [0.717, 1.165) is 5.76 Å². The fourth-order valence-corrected chi connectivity index (χ4v) is 1.77. The lowest BCUT2D eigenvalue weighted by Gasteiger charge is -2.06. The molecule has 0 radical (unpaired) electrons. The lowest BCUT2D eigenvalue weighted by molar-refractivity contribution is 0.458. The van der Waals surface area contributed by atoms with Crippen LogP contribution in [0.15, 0.2) is 34.7 Å². The Labute approximate surface area is 104 Å². The minimum atomic E-state index is -0.330. The van der Waals surface area contributed by atoms with Crippen molar-refractivity contribution in [2.45, 2.75) is 13.0 Å². The monoisotopic (exact) mass is 253 g/mol. The largest absolute Gasteiger partial charge is 0.459 e. The van der Waals surface area contributed by atoms with Crippen molar-refractivity contribution in [1.29, 1.82) is 0 Å². The third-order valence-corrected chi connectivity index (χ3v) is 3.01. The average Bonchev–Trinajstić information content (AvgIpc) is 2.80. The predicted octanol–water partition coefficient (Wildman–Crippen LogP) is 4.02. The van der Waals surface area contributed by atoms with Gasteiger partial charge in [0.25, 0.3) is 0 Å². The van der Waals surface area contributed by atoms with E-state index in [2.05, 4.69) is 5.32 Å². The molecule has 2 rings (SSSR count). The second kappa shape index (κ2) is 4.90. The van der Waals surface area contributed by atoms with Crippen molar-refractivity contribution in [3.05, 3.63) is 46.9 Å². The Balaban J connectivity index is 2.40. The van der Waals surface area contributed by atoms with E-state index in [1.807, 2.05) is 20.0 Å². The van der Waals surface area contributed by atoms with Crippen molar-refractivity contribution in [1.82, 2.24) is 5.32 Å². The number of furan rings is 1. The molecule has 1 aromatic carbocycles. The average molecular weight is 254 g/mol. The summed E-state index contributed by atoms with van der Waals surface area (Å²) in [5.74, 6) is 1.04. The molecule has 1 N–H and O–H groups in total. The molecule has 0 aliphatic rings. The summed E-state index contributed by atoms with van der Waals surface area (Å²) in [6, 6.07) is 7.98. The molecule has 17 heavy (non-hydrogen) atoms. The van der Waals surface area contributed by atoms with Crippen molar-refractivity contribution in [3.8, 4) is 11.3 Å². The van der Waals surface area contributed by atoms with E-state index < -0.39 is 0 Å². The first kappa shape index (κ1) is 12.1. The van der Waals surface area contributed by atoms with Crippen LogP contribution in [-0.2, 0) is 0 Å². The quantitative estimate of drug-likeness (QED) is 0.894. The standard InChI is InChI=1S/C13H13ClFNO/c1-8(16-2)12-5-6-13(17-12)10-7-9(15)3-4-11(10)14/h3-8,16H,1-2H3. The summed E-state index contributed by atoms with van der Waals surface area (Å²) in [7, 11) is 1.85. The van der Waals surface area contributed by atoms with Crippen molar-refractivity contribution >= 4 is 11.6 Å². The fraction of sp³-hybridized carbons (Fsp3) is 0.231. The van der Waals surface area contributed by atoms with E-state index in [4.69, 9.17) is 16.0 Å². The molecule has 0 aliphatic carbocycles. The highest BCUT2D eigenvalue weighted by Crippen LogP contribution is 2.31. The number of nitrogens with one attached hydrogen (secondary N) is 1. The highest BCUT2D eigenvalue weighted by molar-refractivity contribution is 6.33. The molecular weight excluding hydrogens is 241 g/mol. The summed E-state index contributed by atoms with van der Waals surface area (Å²) in [5.41, 5.74) is 0.571. The molecule has 4 heteroatoms. The van der Waals surface area contributed by atoms with Crippen LogP contribution in [0.1, 0.15) is 18.7 Å². The summed E-state index contributed by atoms with van der Waals surface area (Å²) in [6.07, 6.45) is 0. The smallest absolute Gasteiger partial charge is 0.135 e. The summed E-state index contributed by atoms with van der Waals surface area (Å²) >= 11 is 6.01. The molecule has 1 atom stereocenters. The minimum absolute atomic E-state index is 0.107. The van der Waals surface area contributed by atoms with Gasteiger partial charge in [0.15, 0.2) is 0 Å². The first-order chi connectivity index (χ1) is 8.11. The summed E-state index contributed by atoms with van der Waals surface area (Å²) in [5, 5.41) is 3.55. The number of rotatable bonds is 3. The van der Waals surface area contributed by atoms with E-state index in [1.165, 1.54) is 18.2 Å². The van der Waals surface area contributed by atoms with Gasteiger partial charge in [0.1, 0.15) is 17.3 Å². The number of hydrogen-bond acceptors (Lipinski definition) is 2. The van der Waals surface area contributed by atoms with Gasteiger partial charge in [0.2, 0.25) is 0 Å². The van der Waals surface area contributed by atoms with Crippen molar-refractivity contribution < 1.29 is 8.81 Å². The van der Waals surface area contributed by atoms with Crippen molar-refractivity contribution in [2.24, 2.45) is 0 Å². The molecule has 0 aliphatic heterocycles. The van der Waals surface area contributed by atoms with Gasteiger partial charge in [-0.05, 0) is 44.3 Å². The molecule has 1 heterocycles. The predicted molar refractivity (Wildman–Crippen MR) is 66.6 cm³/mol. The van der Waals surface area contributed by atoms with Gasteiger partial charge in [-0.25, -0.2) is 4.39 Å². The van der Waals surface area contributed by atoms with Gasteiger partial charge in [-0.1, -0.05) is 11.6 Å². The number of halogens is 2. The van der Waals surface area contributed by atoms with E-state index in [0.29, 0.717) is 16.3 Å². The third kappa shape index (κ3) is 2.51. The Hall–Kier alpha value is -1.32. The maximum absolute atomic E-state index is 13.2. The Morgan fingerprint density at radius 2 is 2.06 bits per heavy atom. The van der Waals surface area contributed by atoms with Gasteiger partial charge in [-0.15, -0.1) is 0 Å². The number of benzene rings is 1. The van der Waals surface area contributed by atoms with Crippen LogP contribution < -0.4 is 5.32 Å². The zero-order chi connectivity index (χ0) is 12.4. The maximum atomic E-state index is 13.2. The maximum Gasteiger partial charge on any atom is 0.135 e. The van der Waals surface area contributed by atoms with Gasteiger partial charge in [-0.2, -0.15) is 0 Å². The molecule has 1 aromatic heterocycles. The Bertz CT molecular complexity index is 524. The lowest BCUT2D eigenvalue weighted by atomic mass is 10.1. The molecular formula is C13H13ClFNO. The normalized spacial score (nSPS) is 12.7. The van der Waals surface area contributed by atoms with Crippen LogP contribution in [0.25, 0.3) is 11.3 Å². The molecule has 2 aromatic rings. The van der Waals surface area contributed by atoms with Crippen molar-refractivity contribution in [2.75, 3.05) is 7.05 Å². The minimum Gasteiger partial charge on any atom is -0.459 e. The summed E-state index contributed by atoms with van der Waals surface area (Å²) in [4.78, 5) is 0. The lowest BCUT2D eigenvalue weighted by Crippen LogP contribution is -2.11. The van der Waals surface area contributed by atoms with Crippen LogP contribution >= 0.6 is 11.6 Å². The molecule has 0 saturated heterocycles. The van der Waals surface area contributed by atoms with Crippen LogP contribution in [0.5, 0.6) is 0 Å². The molecule has 0 amide bonds. The van der Waals surface area contributed by atoms with Gasteiger partial charge >= 0.3 is 0 Å². The molecule has 1 unspecified atom stereocenters. The molecule has 2 nitrogen and oxygen atoms in total. The second-order valence-corrected chi connectivity index (χ2v) is 4.24. The van der Waals surface area contributed by atoms with Crippen molar-refractivity contribution in [3.63, 3.8) is 0 Å². The molecule has 0 fully saturated rings. The molecule has 0 bridgehead atoms. The zero-order valence-electron chi connectivity index (χ0n) is 9.63. The Kier molecular flexibility index (Phi) is 3.50. The van der Waals surface area contributed by atoms with E-state index >= 15 is 0 Å². The molecule has 90 valence electrons. The third-order valence-electron chi connectivity index (χ3n) is 2.68. The summed E-state index contributed by atoms with van der Waals surface area (Å²) < 4.78 is 18.8. The van der Waals surface area contributed by atoms with Crippen LogP contribution in [0.4, 0.5) is 4.39 Å². The van der Waals surface area contributed by atoms with E-state index in [1.54, 1.807) is 6.07 Å². The highest BCUT2D eigenvalue weighted by atomic mass is 35.5. The first-order valence-electron chi connectivity index (χ1n) is 5.34. The highest BCUT2D eigenvalue weighted by Gasteiger charge is 2.12. The van der Waals surface area contributed by atoms with Crippen LogP contribution in [0, 0.1) is 5.82 Å². The van der Waals surface area contributed by atoms with Crippen LogP contribution in [0.3, 0.4) is 0 Å². The summed E-state index contributed by atoms with van der Waals surface area (Å²) in [6.45, 7) is 1.98. The fourth-order valence-electron chi connectivity index (χ4n) is 1.56. The molecule has 0 saturated carbocycles.